The van der Waals surface area contributed by atoms with Crippen LogP contribution in [0.2, 0.25) is 0 Å². The van der Waals surface area contributed by atoms with E-state index in [1.54, 1.807) is 6.07 Å². The van der Waals surface area contributed by atoms with Gasteiger partial charge in [0.1, 0.15) is 4.21 Å². The third-order valence-corrected chi connectivity index (χ3v) is 7.41. The van der Waals surface area contributed by atoms with Gasteiger partial charge in [-0.1, -0.05) is 26.7 Å². The van der Waals surface area contributed by atoms with Crippen LogP contribution >= 0.6 is 11.3 Å². The van der Waals surface area contributed by atoms with Crippen molar-refractivity contribution < 1.29 is 8.42 Å². The molecule has 1 fully saturated rings. The van der Waals surface area contributed by atoms with E-state index in [0.29, 0.717) is 10.8 Å². The first-order valence-electron chi connectivity index (χ1n) is 7.66. The summed E-state index contributed by atoms with van der Waals surface area (Å²) in [5.41, 5.74) is 1.18. The fraction of sp³-hybridized carbons (Fsp3) is 0.733. The van der Waals surface area contributed by atoms with Gasteiger partial charge in [0.15, 0.2) is 0 Å². The molecule has 0 aliphatic heterocycles. The van der Waals surface area contributed by atoms with Gasteiger partial charge in [-0.15, -0.1) is 11.3 Å². The summed E-state index contributed by atoms with van der Waals surface area (Å²) in [4.78, 5) is 1.10. The lowest BCUT2D eigenvalue weighted by molar-refractivity contribution is 0.336. The molecule has 1 aromatic rings. The molecule has 2 N–H and O–H groups in total. The Morgan fingerprint density at radius 2 is 2.00 bits per heavy atom. The van der Waals surface area contributed by atoms with Crippen molar-refractivity contribution in [3.8, 4) is 0 Å². The van der Waals surface area contributed by atoms with E-state index < -0.39 is 10.0 Å². The monoisotopic (exact) mass is 330 g/mol. The van der Waals surface area contributed by atoms with Crippen LogP contribution < -0.4 is 10.0 Å². The Kier molecular flexibility index (Phi) is 5.46. The van der Waals surface area contributed by atoms with Gasteiger partial charge in [-0.25, -0.2) is 13.1 Å². The highest BCUT2D eigenvalue weighted by Crippen LogP contribution is 2.37. The molecule has 0 aromatic carbocycles. The van der Waals surface area contributed by atoms with E-state index in [0.717, 1.165) is 36.4 Å². The fourth-order valence-corrected chi connectivity index (χ4v) is 5.58. The van der Waals surface area contributed by atoms with Gasteiger partial charge in [-0.2, -0.15) is 0 Å². The second-order valence-electron chi connectivity index (χ2n) is 6.29. The van der Waals surface area contributed by atoms with Gasteiger partial charge in [0.05, 0.1) is 0 Å². The van der Waals surface area contributed by atoms with Crippen LogP contribution in [0.1, 0.15) is 50.0 Å². The van der Waals surface area contributed by atoms with Crippen LogP contribution in [0.15, 0.2) is 10.3 Å². The molecule has 6 heteroatoms. The highest BCUT2D eigenvalue weighted by Gasteiger charge is 2.30. The van der Waals surface area contributed by atoms with E-state index in [2.05, 4.69) is 17.0 Å². The van der Waals surface area contributed by atoms with Crippen molar-refractivity contribution in [2.45, 2.75) is 57.2 Å². The topological polar surface area (TPSA) is 58.2 Å². The molecule has 0 amide bonds. The van der Waals surface area contributed by atoms with Crippen molar-refractivity contribution in [3.05, 3.63) is 16.5 Å². The number of aryl methyl sites for hydroxylation is 1. The molecule has 0 saturated heterocycles. The molecule has 120 valence electrons. The molecule has 1 aromatic heterocycles. The summed E-state index contributed by atoms with van der Waals surface area (Å²) in [6.45, 7) is 8.37. The summed E-state index contributed by atoms with van der Waals surface area (Å²) < 4.78 is 28.2. The van der Waals surface area contributed by atoms with Crippen molar-refractivity contribution in [3.63, 3.8) is 0 Å². The first-order chi connectivity index (χ1) is 9.86. The second kappa shape index (κ2) is 6.77. The van der Waals surface area contributed by atoms with Crippen LogP contribution in [0.5, 0.6) is 0 Å². The molecule has 0 unspecified atom stereocenters. The normalized spacial score (nSPS) is 18.2. The average Bonchev–Trinajstić information content (AvgIpc) is 3.02. The lowest BCUT2D eigenvalue weighted by Gasteiger charge is -2.23. The summed E-state index contributed by atoms with van der Waals surface area (Å²) in [5.74, 6) is 0. The Morgan fingerprint density at radius 1 is 1.33 bits per heavy atom. The lowest BCUT2D eigenvalue weighted by Crippen LogP contribution is -2.33. The van der Waals surface area contributed by atoms with E-state index >= 15 is 0 Å². The Labute approximate surface area is 132 Å². The summed E-state index contributed by atoms with van der Waals surface area (Å²) in [6, 6.07) is 1.79. The molecule has 1 aliphatic carbocycles. The molecule has 1 aliphatic rings. The van der Waals surface area contributed by atoms with Crippen molar-refractivity contribution in [1.82, 2.24) is 10.0 Å². The van der Waals surface area contributed by atoms with E-state index in [4.69, 9.17) is 0 Å². The SMILES string of the molecule is CCNCc1sc(S(=O)(=O)NCC2(C)CCCC2)cc1C. The molecule has 1 heterocycles. The third-order valence-electron chi connectivity index (χ3n) is 4.30. The van der Waals surface area contributed by atoms with Crippen LogP contribution in [0, 0.1) is 12.3 Å². The van der Waals surface area contributed by atoms with E-state index in [9.17, 15) is 8.42 Å². The second-order valence-corrected chi connectivity index (χ2v) is 9.42. The summed E-state index contributed by atoms with van der Waals surface area (Å²) in [5, 5.41) is 3.25. The summed E-state index contributed by atoms with van der Waals surface area (Å²) in [7, 11) is -3.37. The van der Waals surface area contributed by atoms with Crippen LogP contribution in [-0.2, 0) is 16.6 Å². The zero-order valence-corrected chi connectivity index (χ0v) is 14.8. The molecule has 0 atom stereocenters. The first kappa shape index (κ1) is 16.9. The molecule has 2 rings (SSSR count). The number of hydrogen-bond acceptors (Lipinski definition) is 4. The molecule has 0 radical (unpaired) electrons. The van der Waals surface area contributed by atoms with E-state index in [1.807, 2.05) is 13.8 Å². The quantitative estimate of drug-likeness (QED) is 0.808. The highest BCUT2D eigenvalue weighted by molar-refractivity contribution is 7.91. The van der Waals surface area contributed by atoms with Gasteiger partial charge in [-0.05, 0) is 43.4 Å². The first-order valence-corrected chi connectivity index (χ1v) is 9.96. The zero-order valence-electron chi connectivity index (χ0n) is 13.2. The smallest absolute Gasteiger partial charge is 0.250 e. The predicted octanol–water partition coefficient (Wildman–Crippen LogP) is 3.02. The minimum absolute atomic E-state index is 0.131. The minimum Gasteiger partial charge on any atom is -0.312 e. The van der Waals surface area contributed by atoms with Crippen molar-refractivity contribution in [2.24, 2.45) is 5.41 Å². The minimum atomic E-state index is -3.37. The zero-order chi connectivity index (χ0) is 15.5. The summed E-state index contributed by atoms with van der Waals surface area (Å²) >= 11 is 1.37. The number of sulfonamides is 1. The van der Waals surface area contributed by atoms with Crippen LogP contribution in [0.25, 0.3) is 0 Å². The number of hydrogen-bond donors (Lipinski definition) is 2. The Bertz CT molecular complexity index is 572. The number of rotatable bonds is 7. The van der Waals surface area contributed by atoms with E-state index in [-0.39, 0.29) is 5.41 Å². The lowest BCUT2D eigenvalue weighted by atomic mass is 9.89. The molecule has 0 bridgehead atoms. The maximum atomic E-state index is 12.4. The highest BCUT2D eigenvalue weighted by atomic mass is 32.2. The fourth-order valence-electron chi connectivity index (χ4n) is 2.78. The maximum absolute atomic E-state index is 12.4. The van der Waals surface area contributed by atoms with Crippen LogP contribution in [0.4, 0.5) is 0 Å². The van der Waals surface area contributed by atoms with Crippen LogP contribution in [0.3, 0.4) is 0 Å². The number of nitrogens with one attached hydrogen (secondary N) is 2. The molecular weight excluding hydrogens is 304 g/mol. The molecule has 21 heavy (non-hydrogen) atoms. The third kappa shape index (κ3) is 4.28. The van der Waals surface area contributed by atoms with Crippen molar-refractivity contribution in [1.29, 1.82) is 0 Å². The standard InChI is InChI=1S/C15H26N2O2S2/c1-4-16-10-13-12(2)9-14(20-13)21(18,19)17-11-15(3)7-5-6-8-15/h9,16-17H,4-8,10-11H2,1-3H3. The predicted molar refractivity (Wildman–Crippen MR) is 88.2 cm³/mol. The molecule has 4 nitrogen and oxygen atoms in total. The molecule has 0 spiro atoms. The Morgan fingerprint density at radius 3 is 2.62 bits per heavy atom. The molecule has 1 saturated carbocycles. The van der Waals surface area contributed by atoms with Gasteiger partial charge in [-0.3, -0.25) is 0 Å². The number of thiophene rings is 1. The average molecular weight is 331 g/mol. The Balaban J connectivity index is 2.05. The molecular formula is C15H26N2O2S2. The largest absolute Gasteiger partial charge is 0.312 e. The van der Waals surface area contributed by atoms with Gasteiger partial charge in [0.2, 0.25) is 10.0 Å². The van der Waals surface area contributed by atoms with Crippen molar-refractivity contribution >= 4 is 21.4 Å². The van der Waals surface area contributed by atoms with Gasteiger partial charge < -0.3 is 5.32 Å². The van der Waals surface area contributed by atoms with Gasteiger partial charge in [0.25, 0.3) is 0 Å². The summed E-state index contributed by atoms with van der Waals surface area (Å²) in [6.07, 6.45) is 4.65. The van der Waals surface area contributed by atoms with Gasteiger partial charge in [0, 0.05) is 18.0 Å². The van der Waals surface area contributed by atoms with Gasteiger partial charge >= 0.3 is 0 Å². The maximum Gasteiger partial charge on any atom is 0.250 e. The van der Waals surface area contributed by atoms with Crippen LogP contribution in [-0.4, -0.2) is 21.5 Å². The van der Waals surface area contributed by atoms with Crippen molar-refractivity contribution in [2.75, 3.05) is 13.1 Å². The van der Waals surface area contributed by atoms with E-state index in [1.165, 1.54) is 24.2 Å². The Hall–Kier alpha value is -0.430.